The Balaban J connectivity index is 2.45. The van der Waals surface area contributed by atoms with Crippen LogP contribution >= 0.6 is 23.2 Å². The number of carbonyl (C=O) groups is 1. The average molecular weight is 440 g/mol. The molecule has 1 heterocycles. The fourth-order valence-electron chi connectivity index (χ4n) is 2.74. The van der Waals surface area contributed by atoms with Crippen molar-refractivity contribution in [2.45, 2.75) is 39.8 Å². The third-order valence-electron chi connectivity index (χ3n) is 4.23. The molecule has 8 nitrogen and oxygen atoms in total. The topological polar surface area (TPSA) is 81.4 Å². The SMILES string of the molecule is C#CCn1c(C)nn(-c2cc(NC(CC)C(=O)N(C)OCC)c(Cl)cc2Cl)c1=O. The smallest absolute Gasteiger partial charge is 0.351 e. The predicted octanol–water partition coefficient (Wildman–Crippen LogP) is 2.88. The maximum atomic E-state index is 12.7. The number of amides is 1. The zero-order valence-corrected chi connectivity index (χ0v) is 18.2. The highest BCUT2D eigenvalue weighted by molar-refractivity contribution is 6.37. The molecule has 0 fully saturated rings. The van der Waals surface area contributed by atoms with E-state index in [1.54, 1.807) is 27.0 Å². The minimum Gasteiger partial charge on any atom is -0.372 e. The van der Waals surface area contributed by atoms with Gasteiger partial charge in [0.2, 0.25) is 0 Å². The Hall–Kier alpha value is -2.47. The van der Waals surface area contributed by atoms with Crippen LogP contribution in [0.5, 0.6) is 0 Å². The van der Waals surface area contributed by atoms with E-state index in [4.69, 9.17) is 34.5 Å². The van der Waals surface area contributed by atoms with Crippen LogP contribution in [0.4, 0.5) is 5.69 Å². The van der Waals surface area contributed by atoms with Gasteiger partial charge in [-0.3, -0.25) is 14.2 Å². The van der Waals surface area contributed by atoms with Gasteiger partial charge in [0.25, 0.3) is 5.91 Å². The van der Waals surface area contributed by atoms with Crippen molar-refractivity contribution in [3.05, 3.63) is 38.5 Å². The van der Waals surface area contributed by atoms with Crippen molar-refractivity contribution in [3.63, 3.8) is 0 Å². The number of hydroxylamine groups is 2. The second-order valence-electron chi connectivity index (χ2n) is 6.17. The van der Waals surface area contributed by atoms with Crippen molar-refractivity contribution < 1.29 is 9.63 Å². The molecule has 0 spiro atoms. The molecule has 1 unspecified atom stereocenters. The number of anilines is 1. The van der Waals surface area contributed by atoms with Crippen LogP contribution in [0.25, 0.3) is 5.69 Å². The Morgan fingerprint density at radius 3 is 2.66 bits per heavy atom. The zero-order chi connectivity index (χ0) is 21.7. The van der Waals surface area contributed by atoms with Gasteiger partial charge in [-0.05, 0) is 32.4 Å². The molecular weight excluding hydrogens is 417 g/mol. The first-order chi connectivity index (χ1) is 13.7. The number of benzene rings is 1. The first kappa shape index (κ1) is 22.8. The Kier molecular flexibility index (Phi) is 7.73. The van der Waals surface area contributed by atoms with Gasteiger partial charge in [-0.1, -0.05) is 36.0 Å². The lowest BCUT2D eigenvalue weighted by Gasteiger charge is -2.24. The van der Waals surface area contributed by atoms with Crippen molar-refractivity contribution in [1.29, 1.82) is 0 Å². The molecule has 156 valence electrons. The van der Waals surface area contributed by atoms with E-state index in [0.29, 0.717) is 35.2 Å². The molecular formula is C19H23Cl2N5O3. The van der Waals surface area contributed by atoms with E-state index in [2.05, 4.69) is 16.3 Å². The minimum absolute atomic E-state index is 0.0944. The molecule has 29 heavy (non-hydrogen) atoms. The van der Waals surface area contributed by atoms with E-state index in [1.165, 1.54) is 15.7 Å². The van der Waals surface area contributed by atoms with Gasteiger partial charge in [0.15, 0.2) is 0 Å². The average Bonchev–Trinajstić information content (AvgIpc) is 2.95. The van der Waals surface area contributed by atoms with E-state index >= 15 is 0 Å². The van der Waals surface area contributed by atoms with Crippen molar-refractivity contribution >= 4 is 34.8 Å². The normalized spacial score (nSPS) is 11.8. The van der Waals surface area contributed by atoms with Crippen LogP contribution in [0.2, 0.25) is 10.0 Å². The van der Waals surface area contributed by atoms with Crippen LogP contribution in [-0.4, -0.2) is 45.0 Å². The third kappa shape index (κ3) is 4.93. The van der Waals surface area contributed by atoms with E-state index in [9.17, 15) is 9.59 Å². The molecule has 0 aliphatic carbocycles. The number of likely N-dealkylation sites (N-methyl/N-ethyl adjacent to an activating group) is 1. The molecule has 0 bridgehead atoms. The summed E-state index contributed by atoms with van der Waals surface area (Å²) >= 11 is 12.6. The van der Waals surface area contributed by atoms with Gasteiger partial charge < -0.3 is 5.32 Å². The van der Waals surface area contributed by atoms with Crippen LogP contribution in [0.1, 0.15) is 26.1 Å². The summed E-state index contributed by atoms with van der Waals surface area (Å²) in [6, 6.07) is 2.48. The van der Waals surface area contributed by atoms with Gasteiger partial charge in [-0.15, -0.1) is 6.42 Å². The number of hydrogen-bond acceptors (Lipinski definition) is 5. The maximum Gasteiger partial charge on any atom is 0.351 e. The monoisotopic (exact) mass is 439 g/mol. The Bertz CT molecular complexity index is 993. The summed E-state index contributed by atoms with van der Waals surface area (Å²) < 4.78 is 2.51. The molecule has 0 saturated carbocycles. The fourth-order valence-corrected chi connectivity index (χ4v) is 3.26. The first-order valence-electron chi connectivity index (χ1n) is 9.01. The van der Waals surface area contributed by atoms with Gasteiger partial charge in [0.05, 0.1) is 34.6 Å². The number of nitrogens with one attached hydrogen (secondary N) is 1. The Morgan fingerprint density at radius 1 is 1.38 bits per heavy atom. The van der Waals surface area contributed by atoms with Crippen LogP contribution in [0.3, 0.4) is 0 Å². The fraction of sp³-hybridized carbons (Fsp3) is 0.421. The number of halogens is 2. The molecule has 10 heteroatoms. The van der Waals surface area contributed by atoms with Gasteiger partial charge in [-0.25, -0.2) is 9.86 Å². The number of carbonyl (C=O) groups excluding carboxylic acids is 1. The molecule has 0 aliphatic heterocycles. The lowest BCUT2D eigenvalue weighted by atomic mass is 10.2. The maximum absolute atomic E-state index is 12.7. The van der Waals surface area contributed by atoms with Crippen molar-refractivity contribution in [3.8, 4) is 18.0 Å². The van der Waals surface area contributed by atoms with Gasteiger partial charge in [0, 0.05) is 7.05 Å². The van der Waals surface area contributed by atoms with Gasteiger partial charge >= 0.3 is 5.69 Å². The number of rotatable bonds is 8. The Morgan fingerprint density at radius 2 is 2.07 bits per heavy atom. The quantitative estimate of drug-likeness (QED) is 0.505. The van der Waals surface area contributed by atoms with Gasteiger partial charge in [-0.2, -0.15) is 9.78 Å². The number of aromatic nitrogens is 3. The second-order valence-corrected chi connectivity index (χ2v) is 6.99. The minimum atomic E-state index is -0.587. The van der Waals surface area contributed by atoms with Crippen LogP contribution in [0.15, 0.2) is 16.9 Å². The molecule has 2 aromatic rings. The van der Waals surface area contributed by atoms with Crippen LogP contribution < -0.4 is 11.0 Å². The molecule has 0 saturated heterocycles. The summed E-state index contributed by atoms with van der Waals surface area (Å²) in [5.41, 5.74) is 0.338. The largest absolute Gasteiger partial charge is 0.372 e. The van der Waals surface area contributed by atoms with Crippen molar-refractivity contribution in [2.75, 3.05) is 19.0 Å². The summed E-state index contributed by atoms with van der Waals surface area (Å²) in [6.45, 7) is 5.78. The number of aryl methyl sites for hydroxylation is 1. The number of nitrogens with zero attached hydrogens (tertiary/aromatic N) is 4. The number of terminal acetylenes is 1. The van der Waals surface area contributed by atoms with Crippen LogP contribution in [0, 0.1) is 19.3 Å². The molecule has 1 aromatic heterocycles. The van der Waals surface area contributed by atoms with Crippen LogP contribution in [-0.2, 0) is 16.2 Å². The summed E-state index contributed by atoms with van der Waals surface area (Å²) in [5, 5.41) is 9.05. The highest BCUT2D eigenvalue weighted by Gasteiger charge is 2.23. The molecule has 1 atom stereocenters. The zero-order valence-electron chi connectivity index (χ0n) is 16.7. The van der Waals surface area contributed by atoms with Gasteiger partial charge in [0.1, 0.15) is 11.9 Å². The molecule has 0 aliphatic rings. The van der Waals surface area contributed by atoms with Crippen molar-refractivity contribution in [1.82, 2.24) is 19.4 Å². The first-order valence-corrected chi connectivity index (χ1v) is 9.77. The molecule has 1 N–H and O–H groups in total. The Labute approximate surface area is 179 Å². The molecule has 1 aromatic carbocycles. The van der Waals surface area contributed by atoms with Crippen molar-refractivity contribution in [2.24, 2.45) is 0 Å². The van der Waals surface area contributed by atoms with E-state index in [0.717, 1.165) is 4.68 Å². The van der Waals surface area contributed by atoms with E-state index < -0.39 is 11.7 Å². The lowest BCUT2D eigenvalue weighted by Crippen LogP contribution is -2.40. The molecule has 1 amide bonds. The van der Waals surface area contributed by atoms with E-state index in [1.807, 2.05) is 6.92 Å². The second kappa shape index (κ2) is 9.83. The standard InChI is InChI=1S/C19H23Cl2N5O3/c1-6-9-25-12(4)23-26(19(25)28)17-11-16(13(20)10-14(17)21)22-15(7-2)18(27)24(5)29-8-3/h1,10-11,15,22H,7-9H2,2-5H3. The summed E-state index contributed by atoms with van der Waals surface area (Å²) in [7, 11) is 1.55. The molecule has 2 rings (SSSR count). The third-order valence-corrected chi connectivity index (χ3v) is 4.85. The number of hydrogen-bond donors (Lipinski definition) is 1. The predicted molar refractivity (Wildman–Crippen MR) is 114 cm³/mol. The lowest BCUT2D eigenvalue weighted by molar-refractivity contribution is -0.177. The summed E-state index contributed by atoms with van der Waals surface area (Å²) in [6.07, 6.45) is 5.80. The summed E-state index contributed by atoms with van der Waals surface area (Å²) in [5.74, 6) is 2.62. The summed E-state index contributed by atoms with van der Waals surface area (Å²) in [4.78, 5) is 30.4. The highest BCUT2D eigenvalue weighted by Crippen LogP contribution is 2.31. The van der Waals surface area contributed by atoms with E-state index in [-0.39, 0.29) is 17.5 Å². The highest BCUT2D eigenvalue weighted by atomic mass is 35.5. The molecule has 0 radical (unpaired) electrons.